The second-order valence-corrected chi connectivity index (χ2v) is 9.21. The minimum absolute atomic E-state index is 0. The van der Waals surface area contributed by atoms with Crippen LogP contribution in [0.25, 0.3) is 22.6 Å². The predicted molar refractivity (Wildman–Crippen MR) is 123 cm³/mol. The summed E-state index contributed by atoms with van der Waals surface area (Å²) >= 11 is 0. The summed E-state index contributed by atoms with van der Waals surface area (Å²) in [6.07, 6.45) is 1.61. The number of fused-ring (bicyclic) bond motifs is 1. The van der Waals surface area contributed by atoms with Crippen molar-refractivity contribution in [1.29, 1.82) is 0 Å². The van der Waals surface area contributed by atoms with Gasteiger partial charge in [-0.1, -0.05) is 30.3 Å². The fraction of sp³-hybridized carbons (Fsp3) is 0.190. The molecule has 0 atom stereocenters. The number of piperazine rings is 1. The molecule has 1 saturated heterocycles. The largest absolute Gasteiger partial charge is 0.382 e. The summed E-state index contributed by atoms with van der Waals surface area (Å²) in [4.78, 5) is 19.1. The molecule has 0 radical (unpaired) electrons. The van der Waals surface area contributed by atoms with Crippen molar-refractivity contribution in [3.63, 3.8) is 0 Å². The zero-order valence-corrected chi connectivity index (χ0v) is 17.5. The Labute approximate surface area is 182 Å². The second kappa shape index (κ2) is 7.64. The standard InChI is InChI=1S/C21H21N7O2S.2H2/c22-20-19(21-24-16-8-4-5-9-17(16)25-21)26-18(14-23-20)27-10-12-28(13-11-27)31(29,30)15-6-2-1-3-7-15;;/h1-9,14H,10-13H2,(H2,22,23)(H,24,25);2*1H. The number of hydrogen-bond donors (Lipinski definition) is 2. The van der Waals surface area contributed by atoms with Crippen LogP contribution in [0.1, 0.15) is 2.85 Å². The predicted octanol–water partition coefficient (Wildman–Crippen LogP) is 2.61. The summed E-state index contributed by atoms with van der Waals surface area (Å²) in [5.74, 6) is 1.48. The van der Waals surface area contributed by atoms with E-state index >= 15 is 0 Å². The Hall–Kier alpha value is -3.50. The molecule has 10 heteroatoms. The maximum absolute atomic E-state index is 12.8. The van der Waals surface area contributed by atoms with Gasteiger partial charge in [0.15, 0.2) is 17.3 Å². The number of aromatic nitrogens is 4. The summed E-state index contributed by atoms with van der Waals surface area (Å²) in [7, 11) is -3.50. The van der Waals surface area contributed by atoms with Gasteiger partial charge in [-0.2, -0.15) is 4.31 Å². The molecule has 0 unspecified atom stereocenters. The summed E-state index contributed by atoms with van der Waals surface area (Å²) in [5.41, 5.74) is 8.27. The van der Waals surface area contributed by atoms with E-state index in [1.54, 1.807) is 36.5 Å². The number of anilines is 2. The highest BCUT2D eigenvalue weighted by molar-refractivity contribution is 7.89. The van der Waals surface area contributed by atoms with E-state index in [2.05, 4.69) is 19.9 Å². The topological polar surface area (TPSA) is 121 Å². The van der Waals surface area contributed by atoms with Gasteiger partial charge in [-0.25, -0.2) is 23.4 Å². The number of nitrogens with one attached hydrogen (secondary N) is 1. The molecule has 5 rings (SSSR count). The van der Waals surface area contributed by atoms with Crippen LogP contribution in [0.5, 0.6) is 0 Å². The average Bonchev–Trinajstić information content (AvgIpc) is 3.24. The first-order valence-corrected chi connectivity index (χ1v) is 11.3. The van der Waals surface area contributed by atoms with Crippen molar-refractivity contribution in [3.05, 3.63) is 60.8 Å². The van der Waals surface area contributed by atoms with E-state index in [0.29, 0.717) is 48.4 Å². The highest BCUT2D eigenvalue weighted by Gasteiger charge is 2.29. The van der Waals surface area contributed by atoms with E-state index in [9.17, 15) is 8.42 Å². The van der Waals surface area contributed by atoms with E-state index < -0.39 is 10.0 Å². The molecule has 1 fully saturated rings. The fourth-order valence-electron chi connectivity index (χ4n) is 3.68. The molecule has 31 heavy (non-hydrogen) atoms. The van der Waals surface area contributed by atoms with E-state index in [-0.39, 0.29) is 8.67 Å². The number of nitrogen functional groups attached to an aromatic ring is 1. The van der Waals surface area contributed by atoms with Crippen molar-refractivity contribution < 1.29 is 11.3 Å². The Morgan fingerprint density at radius 3 is 2.39 bits per heavy atom. The van der Waals surface area contributed by atoms with Crippen molar-refractivity contribution >= 4 is 32.7 Å². The number of H-pyrrole nitrogens is 1. The lowest BCUT2D eigenvalue weighted by Crippen LogP contribution is -2.49. The number of benzene rings is 2. The number of para-hydroxylation sites is 2. The van der Waals surface area contributed by atoms with Crippen molar-refractivity contribution in [2.24, 2.45) is 0 Å². The first kappa shape index (κ1) is 19.5. The normalized spacial score (nSPS) is 15.4. The van der Waals surface area contributed by atoms with Crippen LogP contribution in [-0.2, 0) is 10.0 Å². The molecule has 9 nitrogen and oxygen atoms in total. The molecule has 162 valence electrons. The quantitative estimate of drug-likeness (QED) is 0.501. The molecule has 2 aromatic carbocycles. The molecule has 3 heterocycles. The molecular weight excluding hydrogens is 414 g/mol. The molecule has 0 bridgehead atoms. The van der Waals surface area contributed by atoms with Gasteiger partial charge in [0.2, 0.25) is 10.0 Å². The first-order chi connectivity index (χ1) is 15.0. The van der Waals surface area contributed by atoms with Crippen LogP contribution in [0.4, 0.5) is 11.6 Å². The monoisotopic (exact) mass is 439 g/mol. The number of sulfonamides is 1. The Bertz CT molecular complexity index is 1310. The van der Waals surface area contributed by atoms with Gasteiger partial charge < -0.3 is 15.6 Å². The maximum Gasteiger partial charge on any atom is 0.243 e. The number of hydrogen-bond acceptors (Lipinski definition) is 7. The van der Waals surface area contributed by atoms with Gasteiger partial charge in [0.05, 0.1) is 22.1 Å². The van der Waals surface area contributed by atoms with Crippen molar-refractivity contribution in [1.82, 2.24) is 24.2 Å². The molecule has 2 aromatic heterocycles. The van der Waals surface area contributed by atoms with Gasteiger partial charge in [0, 0.05) is 29.0 Å². The molecule has 0 saturated carbocycles. The Morgan fingerprint density at radius 1 is 0.935 bits per heavy atom. The first-order valence-electron chi connectivity index (χ1n) is 9.90. The molecule has 1 aliphatic heterocycles. The number of aromatic amines is 1. The molecule has 1 aliphatic rings. The van der Waals surface area contributed by atoms with Gasteiger partial charge in [-0.05, 0) is 24.3 Å². The van der Waals surface area contributed by atoms with Gasteiger partial charge in [-0.15, -0.1) is 0 Å². The highest BCUT2D eigenvalue weighted by Crippen LogP contribution is 2.26. The third kappa shape index (κ3) is 3.60. The van der Waals surface area contributed by atoms with Crippen LogP contribution >= 0.6 is 0 Å². The highest BCUT2D eigenvalue weighted by atomic mass is 32.2. The van der Waals surface area contributed by atoms with Crippen LogP contribution in [0.15, 0.2) is 65.7 Å². The Morgan fingerprint density at radius 2 is 1.65 bits per heavy atom. The molecule has 3 N–H and O–H groups in total. The van der Waals surface area contributed by atoms with E-state index in [1.807, 2.05) is 29.2 Å². The number of rotatable bonds is 4. The summed E-state index contributed by atoms with van der Waals surface area (Å²) < 4.78 is 27.2. The van der Waals surface area contributed by atoms with E-state index in [4.69, 9.17) is 5.73 Å². The molecular formula is C21H25N7O2S. The minimum atomic E-state index is -3.50. The van der Waals surface area contributed by atoms with Crippen LogP contribution in [0, 0.1) is 0 Å². The van der Waals surface area contributed by atoms with Gasteiger partial charge >= 0.3 is 0 Å². The number of nitrogens with zero attached hydrogens (tertiary/aromatic N) is 5. The van der Waals surface area contributed by atoms with Crippen LogP contribution in [0.3, 0.4) is 0 Å². The summed E-state index contributed by atoms with van der Waals surface area (Å²) in [5, 5.41) is 0. The summed E-state index contributed by atoms with van der Waals surface area (Å²) in [6.45, 7) is 1.74. The molecule has 0 spiro atoms. The fourth-order valence-corrected chi connectivity index (χ4v) is 5.12. The van der Waals surface area contributed by atoms with Crippen LogP contribution in [-0.4, -0.2) is 58.8 Å². The van der Waals surface area contributed by atoms with Crippen LogP contribution in [0.2, 0.25) is 0 Å². The Balaban J connectivity index is 0.00000153. The minimum Gasteiger partial charge on any atom is -0.382 e. The van der Waals surface area contributed by atoms with Crippen LogP contribution < -0.4 is 10.6 Å². The number of imidazole rings is 1. The lowest BCUT2D eigenvalue weighted by atomic mass is 10.3. The smallest absolute Gasteiger partial charge is 0.243 e. The van der Waals surface area contributed by atoms with E-state index in [1.165, 1.54) is 4.31 Å². The lowest BCUT2D eigenvalue weighted by molar-refractivity contribution is 0.383. The van der Waals surface area contributed by atoms with Gasteiger partial charge in [0.25, 0.3) is 0 Å². The van der Waals surface area contributed by atoms with Crippen molar-refractivity contribution in [2.75, 3.05) is 36.8 Å². The van der Waals surface area contributed by atoms with Crippen molar-refractivity contribution in [3.8, 4) is 11.5 Å². The molecule has 0 amide bonds. The zero-order chi connectivity index (χ0) is 21.4. The third-order valence-corrected chi connectivity index (χ3v) is 7.26. The molecule has 0 aliphatic carbocycles. The second-order valence-electron chi connectivity index (χ2n) is 7.27. The maximum atomic E-state index is 12.8. The summed E-state index contributed by atoms with van der Waals surface area (Å²) in [6, 6.07) is 16.2. The Kier molecular flexibility index (Phi) is 4.79. The lowest BCUT2D eigenvalue weighted by Gasteiger charge is -2.34. The molecule has 4 aromatic rings. The van der Waals surface area contributed by atoms with Gasteiger partial charge in [0.1, 0.15) is 5.82 Å². The third-order valence-electron chi connectivity index (χ3n) is 5.35. The van der Waals surface area contributed by atoms with E-state index in [0.717, 1.165) is 11.0 Å². The SMILES string of the molecule is Nc1ncc(N2CCN(S(=O)(=O)c3ccccc3)CC2)nc1-c1nc2ccccc2[nH]1.[HH].[HH]. The average molecular weight is 440 g/mol. The van der Waals surface area contributed by atoms with Crippen molar-refractivity contribution in [2.45, 2.75) is 4.90 Å². The van der Waals surface area contributed by atoms with Gasteiger partial charge in [-0.3, -0.25) is 0 Å². The zero-order valence-electron chi connectivity index (χ0n) is 16.6. The number of nitrogens with two attached hydrogens (primary N) is 1.